The smallest absolute Gasteiger partial charge is 0.274 e. The average molecular weight is 364 g/mol. The molecule has 1 aromatic heterocycles. The standard InChI is InChI=1S/C16H18BrN3O2/c1-9-6-11(17)15(21)13(7-9)18-16(22)14-8-12(19-20(14)2)10-4-3-5-10/h6-8,10,21H,3-5H2,1-2H3,(H,18,22). The van der Waals surface area contributed by atoms with E-state index in [0.717, 1.165) is 24.1 Å². The normalized spacial score (nSPS) is 14.7. The van der Waals surface area contributed by atoms with Gasteiger partial charge in [-0.15, -0.1) is 0 Å². The third kappa shape index (κ3) is 2.75. The molecule has 6 heteroatoms. The van der Waals surface area contributed by atoms with Crippen LogP contribution in [0.25, 0.3) is 0 Å². The molecule has 1 fully saturated rings. The molecule has 1 heterocycles. The molecule has 0 aliphatic heterocycles. The lowest BCUT2D eigenvalue weighted by molar-refractivity contribution is 0.101. The summed E-state index contributed by atoms with van der Waals surface area (Å²) in [6.45, 7) is 1.90. The van der Waals surface area contributed by atoms with E-state index in [0.29, 0.717) is 21.8 Å². The fourth-order valence-corrected chi connectivity index (χ4v) is 3.20. The first-order valence-electron chi connectivity index (χ1n) is 7.30. The zero-order chi connectivity index (χ0) is 15.9. The molecule has 2 N–H and O–H groups in total. The van der Waals surface area contributed by atoms with Gasteiger partial charge in [0, 0.05) is 13.0 Å². The van der Waals surface area contributed by atoms with Crippen molar-refractivity contribution >= 4 is 27.5 Å². The van der Waals surface area contributed by atoms with Crippen molar-refractivity contribution in [2.45, 2.75) is 32.1 Å². The average Bonchev–Trinajstić information content (AvgIpc) is 2.75. The van der Waals surface area contributed by atoms with Crippen LogP contribution < -0.4 is 5.32 Å². The number of amides is 1. The lowest BCUT2D eigenvalue weighted by atomic mass is 9.83. The summed E-state index contributed by atoms with van der Waals surface area (Å²) in [6.07, 6.45) is 3.52. The minimum atomic E-state index is -0.270. The Labute approximate surface area is 137 Å². The van der Waals surface area contributed by atoms with Crippen LogP contribution in [0.2, 0.25) is 0 Å². The van der Waals surface area contributed by atoms with Gasteiger partial charge in [0.2, 0.25) is 0 Å². The molecular weight excluding hydrogens is 346 g/mol. The number of aromatic nitrogens is 2. The monoisotopic (exact) mass is 363 g/mol. The Kier molecular flexibility index (Phi) is 3.95. The van der Waals surface area contributed by atoms with Crippen LogP contribution in [0.15, 0.2) is 22.7 Å². The van der Waals surface area contributed by atoms with E-state index in [-0.39, 0.29) is 11.7 Å². The van der Waals surface area contributed by atoms with Gasteiger partial charge in [0.15, 0.2) is 5.75 Å². The summed E-state index contributed by atoms with van der Waals surface area (Å²) in [5.74, 6) is 0.239. The largest absolute Gasteiger partial charge is 0.505 e. The molecule has 0 unspecified atom stereocenters. The van der Waals surface area contributed by atoms with Crippen molar-refractivity contribution in [1.29, 1.82) is 0 Å². The van der Waals surface area contributed by atoms with Crippen molar-refractivity contribution < 1.29 is 9.90 Å². The van der Waals surface area contributed by atoms with Crippen molar-refractivity contribution in [3.05, 3.63) is 39.6 Å². The molecule has 0 spiro atoms. The van der Waals surface area contributed by atoms with Crippen LogP contribution in [0.1, 0.15) is 46.9 Å². The zero-order valence-corrected chi connectivity index (χ0v) is 14.1. The minimum absolute atomic E-state index is 0.0281. The number of aromatic hydroxyl groups is 1. The molecule has 116 valence electrons. The molecule has 0 bridgehead atoms. The minimum Gasteiger partial charge on any atom is -0.505 e. The number of phenolic OH excluding ortho intramolecular Hbond substituents is 1. The van der Waals surface area contributed by atoms with Gasteiger partial charge < -0.3 is 10.4 Å². The van der Waals surface area contributed by atoms with Gasteiger partial charge in [-0.05, 0) is 59.5 Å². The second-order valence-electron chi connectivity index (χ2n) is 5.80. The van der Waals surface area contributed by atoms with Crippen molar-refractivity contribution in [3.63, 3.8) is 0 Å². The molecule has 1 aliphatic carbocycles. The second kappa shape index (κ2) is 5.76. The third-order valence-electron chi connectivity index (χ3n) is 4.11. The maximum atomic E-state index is 12.5. The molecule has 5 nitrogen and oxygen atoms in total. The van der Waals surface area contributed by atoms with E-state index >= 15 is 0 Å². The highest BCUT2D eigenvalue weighted by atomic mass is 79.9. The number of halogens is 1. The molecule has 1 aromatic carbocycles. The van der Waals surface area contributed by atoms with Gasteiger partial charge >= 0.3 is 0 Å². The number of carbonyl (C=O) groups excluding carboxylic acids is 1. The molecule has 2 aromatic rings. The van der Waals surface area contributed by atoms with Gasteiger partial charge in [-0.2, -0.15) is 5.10 Å². The number of anilines is 1. The predicted octanol–water partition coefficient (Wildman–Crippen LogP) is 3.72. The molecule has 0 radical (unpaired) electrons. The number of nitrogens with one attached hydrogen (secondary N) is 1. The first-order valence-corrected chi connectivity index (χ1v) is 8.09. The first kappa shape index (κ1) is 15.1. The predicted molar refractivity (Wildman–Crippen MR) is 88.3 cm³/mol. The lowest BCUT2D eigenvalue weighted by Crippen LogP contribution is -2.16. The molecule has 1 amide bonds. The Balaban J connectivity index is 1.84. The summed E-state index contributed by atoms with van der Waals surface area (Å²) in [5, 5.41) is 17.2. The Morgan fingerprint density at radius 3 is 2.77 bits per heavy atom. The fourth-order valence-electron chi connectivity index (χ4n) is 2.62. The molecule has 22 heavy (non-hydrogen) atoms. The molecular formula is C16H18BrN3O2. The van der Waals surface area contributed by atoms with Gasteiger partial charge in [0.1, 0.15) is 5.69 Å². The van der Waals surface area contributed by atoms with Crippen molar-refractivity contribution in [1.82, 2.24) is 9.78 Å². The number of aryl methyl sites for hydroxylation is 2. The topological polar surface area (TPSA) is 67.2 Å². The van der Waals surface area contributed by atoms with Crippen LogP contribution in [-0.4, -0.2) is 20.8 Å². The summed E-state index contributed by atoms with van der Waals surface area (Å²) >= 11 is 3.28. The van der Waals surface area contributed by atoms with E-state index in [1.54, 1.807) is 23.9 Å². The Hall–Kier alpha value is -1.82. The summed E-state index contributed by atoms with van der Waals surface area (Å²) < 4.78 is 2.16. The summed E-state index contributed by atoms with van der Waals surface area (Å²) in [7, 11) is 1.77. The van der Waals surface area contributed by atoms with Gasteiger partial charge in [-0.3, -0.25) is 9.48 Å². The summed E-state index contributed by atoms with van der Waals surface area (Å²) in [5.41, 5.74) is 2.82. The maximum absolute atomic E-state index is 12.5. The number of phenols is 1. The Morgan fingerprint density at radius 1 is 1.41 bits per heavy atom. The molecule has 3 rings (SSSR count). The maximum Gasteiger partial charge on any atom is 0.274 e. The van der Waals surface area contributed by atoms with Crippen LogP contribution in [0, 0.1) is 6.92 Å². The van der Waals surface area contributed by atoms with E-state index in [9.17, 15) is 9.90 Å². The Bertz CT molecular complexity index is 735. The quantitative estimate of drug-likeness (QED) is 0.816. The number of hydrogen-bond donors (Lipinski definition) is 2. The zero-order valence-electron chi connectivity index (χ0n) is 12.6. The van der Waals surface area contributed by atoms with E-state index in [1.165, 1.54) is 6.42 Å². The van der Waals surface area contributed by atoms with Crippen molar-refractivity contribution in [2.75, 3.05) is 5.32 Å². The van der Waals surface area contributed by atoms with Crippen LogP contribution in [0.5, 0.6) is 5.75 Å². The SMILES string of the molecule is Cc1cc(Br)c(O)c(NC(=O)c2cc(C3CCC3)nn2C)c1. The number of carbonyl (C=O) groups is 1. The lowest BCUT2D eigenvalue weighted by Gasteiger charge is -2.22. The summed E-state index contributed by atoms with van der Waals surface area (Å²) in [4.78, 5) is 12.5. The second-order valence-corrected chi connectivity index (χ2v) is 6.66. The number of hydrogen-bond acceptors (Lipinski definition) is 3. The molecule has 0 atom stereocenters. The van der Waals surface area contributed by atoms with Gasteiger partial charge in [-0.25, -0.2) is 0 Å². The summed E-state index contributed by atoms with van der Waals surface area (Å²) in [6, 6.07) is 5.38. The highest BCUT2D eigenvalue weighted by molar-refractivity contribution is 9.10. The van der Waals surface area contributed by atoms with Crippen molar-refractivity contribution in [2.24, 2.45) is 7.05 Å². The molecule has 1 aliphatic rings. The van der Waals surface area contributed by atoms with Gasteiger partial charge in [0.05, 0.1) is 15.9 Å². The molecule has 0 saturated heterocycles. The number of benzene rings is 1. The molecule has 1 saturated carbocycles. The number of rotatable bonds is 3. The van der Waals surface area contributed by atoms with Crippen LogP contribution in [0.4, 0.5) is 5.69 Å². The fraction of sp³-hybridized carbons (Fsp3) is 0.375. The highest BCUT2D eigenvalue weighted by Gasteiger charge is 2.24. The first-order chi connectivity index (χ1) is 10.5. The van der Waals surface area contributed by atoms with Crippen LogP contribution in [-0.2, 0) is 7.05 Å². The van der Waals surface area contributed by atoms with E-state index < -0.39 is 0 Å². The van der Waals surface area contributed by atoms with Gasteiger partial charge in [0.25, 0.3) is 5.91 Å². The van der Waals surface area contributed by atoms with Crippen molar-refractivity contribution in [3.8, 4) is 5.75 Å². The Morgan fingerprint density at radius 2 is 2.14 bits per heavy atom. The van der Waals surface area contributed by atoms with Gasteiger partial charge in [-0.1, -0.05) is 6.42 Å². The van der Waals surface area contributed by atoms with E-state index in [2.05, 4.69) is 26.3 Å². The van der Waals surface area contributed by atoms with E-state index in [1.807, 2.05) is 13.0 Å². The van der Waals surface area contributed by atoms with Crippen LogP contribution in [0.3, 0.4) is 0 Å². The highest BCUT2D eigenvalue weighted by Crippen LogP contribution is 2.36. The number of nitrogens with zero attached hydrogens (tertiary/aromatic N) is 2. The third-order valence-corrected chi connectivity index (χ3v) is 4.72. The van der Waals surface area contributed by atoms with Crippen LogP contribution >= 0.6 is 15.9 Å². The van der Waals surface area contributed by atoms with E-state index in [4.69, 9.17) is 0 Å².